The second-order valence-corrected chi connectivity index (χ2v) is 5.96. The number of nitrogens with zero attached hydrogens (tertiary/aromatic N) is 1. The summed E-state index contributed by atoms with van der Waals surface area (Å²) in [4.78, 5) is 15.8. The topological polar surface area (TPSA) is 55.1 Å². The maximum absolute atomic E-state index is 11.1. The van der Waals surface area contributed by atoms with Gasteiger partial charge >= 0.3 is 0 Å². The number of nitrogens with one attached hydrogen (secondary N) is 1. The van der Waals surface area contributed by atoms with Gasteiger partial charge in [0, 0.05) is 18.2 Å². The van der Waals surface area contributed by atoms with Crippen molar-refractivity contribution in [3.63, 3.8) is 0 Å². The molecule has 118 valence electrons. The number of carbonyl (C=O) groups excluding carboxylic acids is 1. The molecule has 0 aliphatic carbocycles. The smallest absolute Gasteiger partial charge is 0.227 e. The van der Waals surface area contributed by atoms with E-state index in [-0.39, 0.29) is 5.91 Å². The largest absolute Gasteiger partial charge is 0.436 e. The van der Waals surface area contributed by atoms with E-state index in [1.165, 1.54) is 18.1 Å². The minimum atomic E-state index is -0.0863. The number of aryl methyl sites for hydroxylation is 2. The second-order valence-electron chi connectivity index (χ2n) is 5.96. The van der Waals surface area contributed by atoms with E-state index in [4.69, 9.17) is 4.42 Å². The summed E-state index contributed by atoms with van der Waals surface area (Å²) in [6, 6.07) is 7.50. The number of aromatic nitrogens is 1. The molecular formula is C19H20N2O2. The van der Waals surface area contributed by atoms with Gasteiger partial charge in [-0.3, -0.25) is 4.79 Å². The summed E-state index contributed by atoms with van der Waals surface area (Å²) >= 11 is 0. The van der Waals surface area contributed by atoms with Gasteiger partial charge < -0.3 is 9.73 Å². The Kier molecular flexibility index (Phi) is 3.68. The first-order chi connectivity index (χ1) is 10.9. The molecule has 1 amide bonds. The molecule has 0 saturated carbocycles. The number of fused-ring (bicyclic) bond motifs is 1. The van der Waals surface area contributed by atoms with E-state index in [1.54, 1.807) is 0 Å². The van der Waals surface area contributed by atoms with Crippen LogP contribution in [0, 0.1) is 27.7 Å². The lowest BCUT2D eigenvalue weighted by atomic mass is 9.98. The number of hydrogen-bond acceptors (Lipinski definition) is 3. The van der Waals surface area contributed by atoms with Crippen LogP contribution in [-0.2, 0) is 4.79 Å². The van der Waals surface area contributed by atoms with E-state index >= 15 is 0 Å². The quantitative estimate of drug-likeness (QED) is 0.747. The van der Waals surface area contributed by atoms with Crippen molar-refractivity contribution in [1.29, 1.82) is 0 Å². The molecule has 3 rings (SSSR count). The van der Waals surface area contributed by atoms with Crippen LogP contribution in [0.5, 0.6) is 0 Å². The summed E-state index contributed by atoms with van der Waals surface area (Å²) in [7, 11) is 0. The number of rotatable bonds is 2. The summed E-state index contributed by atoms with van der Waals surface area (Å²) in [5.41, 5.74) is 8.23. The number of amides is 1. The molecule has 1 heterocycles. The van der Waals surface area contributed by atoms with Crippen molar-refractivity contribution in [2.75, 3.05) is 5.32 Å². The van der Waals surface area contributed by atoms with Crippen LogP contribution < -0.4 is 5.32 Å². The van der Waals surface area contributed by atoms with Crippen molar-refractivity contribution >= 4 is 22.7 Å². The lowest BCUT2D eigenvalue weighted by Crippen LogP contribution is -2.05. The first kappa shape index (κ1) is 15.3. The van der Waals surface area contributed by atoms with Crippen LogP contribution in [0.2, 0.25) is 0 Å². The standard InChI is InChI=1S/C19H20N2O2/c1-10-11(2)13(4)18-17(12(10)3)21-19(23-18)15-6-8-16(9-7-15)20-14(5)22/h6-9H,1-5H3,(H,20,22). The molecule has 0 bridgehead atoms. The Balaban J connectivity index is 2.09. The van der Waals surface area contributed by atoms with Gasteiger partial charge in [-0.2, -0.15) is 0 Å². The number of benzene rings is 2. The molecule has 3 aromatic rings. The highest BCUT2D eigenvalue weighted by molar-refractivity contribution is 5.89. The molecule has 1 aromatic heterocycles. The average molecular weight is 308 g/mol. The molecule has 4 heteroatoms. The Morgan fingerprint density at radius 2 is 1.57 bits per heavy atom. The Morgan fingerprint density at radius 1 is 0.957 bits per heavy atom. The highest BCUT2D eigenvalue weighted by atomic mass is 16.3. The Morgan fingerprint density at radius 3 is 2.17 bits per heavy atom. The molecule has 4 nitrogen and oxygen atoms in total. The maximum Gasteiger partial charge on any atom is 0.227 e. The molecular weight excluding hydrogens is 288 g/mol. The van der Waals surface area contributed by atoms with Gasteiger partial charge in [0.05, 0.1) is 0 Å². The molecule has 0 fully saturated rings. The molecule has 0 spiro atoms. The van der Waals surface area contributed by atoms with E-state index < -0.39 is 0 Å². The fourth-order valence-corrected chi connectivity index (χ4v) is 2.76. The van der Waals surface area contributed by atoms with Gasteiger partial charge in [0.1, 0.15) is 5.52 Å². The van der Waals surface area contributed by atoms with E-state index in [0.717, 1.165) is 33.5 Å². The predicted molar refractivity (Wildman–Crippen MR) is 92.7 cm³/mol. The predicted octanol–water partition coefficient (Wildman–Crippen LogP) is 4.69. The molecule has 23 heavy (non-hydrogen) atoms. The molecule has 0 atom stereocenters. The molecule has 0 radical (unpaired) electrons. The fraction of sp³-hybridized carbons (Fsp3) is 0.263. The van der Waals surface area contributed by atoms with Crippen LogP contribution in [0.25, 0.3) is 22.6 Å². The molecule has 0 unspecified atom stereocenters. The van der Waals surface area contributed by atoms with Crippen LogP contribution >= 0.6 is 0 Å². The maximum atomic E-state index is 11.1. The monoisotopic (exact) mass is 308 g/mol. The Hall–Kier alpha value is -2.62. The zero-order chi connectivity index (χ0) is 16.7. The second kappa shape index (κ2) is 5.54. The van der Waals surface area contributed by atoms with E-state index in [2.05, 4.69) is 38.0 Å². The van der Waals surface area contributed by atoms with Gasteiger partial charge in [-0.25, -0.2) is 4.98 Å². The molecule has 0 saturated heterocycles. The highest BCUT2D eigenvalue weighted by Crippen LogP contribution is 2.32. The van der Waals surface area contributed by atoms with E-state index in [0.29, 0.717) is 5.89 Å². The Labute approximate surface area is 135 Å². The lowest BCUT2D eigenvalue weighted by Gasteiger charge is -2.08. The summed E-state index contributed by atoms with van der Waals surface area (Å²) in [5.74, 6) is 0.516. The minimum Gasteiger partial charge on any atom is -0.436 e. The van der Waals surface area contributed by atoms with Crippen molar-refractivity contribution in [2.45, 2.75) is 34.6 Å². The fourth-order valence-electron chi connectivity index (χ4n) is 2.76. The van der Waals surface area contributed by atoms with Crippen molar-refractivity contribution in [1.82, 2.24) is 4.98 Å². The van der Waals surface area contributed by atoms with Gasteiger partial charge in [-0.1, -0.05) is 0 Å². The third-order valence-corrected chi connectivity index (χ3v) is 4.46. The molecule has 0 aliphatic rings. The summed E-state index contributed by atoms with van der Waals surface area (Å²) < 4.78 is 6.02. The van der Waals surface area contributed by atoms with Gasteiger partial charge in [-0.05, 0) is 74.2 Å². The molecule has 2 aromatic carbocycles. The SMILES string of the molecule is CC(=O)Nc1ccc(-c2nc3c(C)c(C)c(C)c(C)c3o2)cc1. The zero-order valence-electron chi connectivity index (χ0n) is 14.1. The first-order valence-electron chi connectivity index (χ1n) is 7.63. The average Bonchev–Trinajstić information content (AvgIpc) is 2.96. The summed E-state index contributed by atoms with van der Waals surface area (Å²) in [6.45, 7) is 9.87. The molecule has 1 N–H and O–H groups in total. The van der Waals surface area contributed by atoms with E-state index in [1.807, 2.05) is 24.3 Å². The van der Waals surface area contributed by atoms with Gasteiger partial charge in [0.15, 0.2) is 5.58 Å². The van der Waals surface area contributed by atoms with E-state index in [9.17, 15) is 4.79 Å². The third-order valence-electron chi connectivity index (χ3n) is 4.46. The Bertz CT molecular complexity index is 861. The minimum absolute atomic E-state index is 0.0863. The number of oxazole rings is 1. The number of anilines is 1. The van der Waals surface area contributed by atoms with Crippen molar-refractivity contribution in [3.8, 4) is 11.5 Å². The van der Waals surface area contributed by atoms with Crippen LogP contribution in [0.3, 0.4) is 0 Å². The third kappa shape index (κ3) is 2.61. The lowest BCUT2D eigenvalue weighted by molar-refractivity contribution is -0.114. The normalized spacial score (nSPS) is 11.0. The summed E-state index contributed by atoms with van der Waals surface area (Å²) in [5, 5.41) is 2.75. The zero-order valence-corrected chi connectivity index (χ0v) is 14.1. The first-order valence-corrected chi connectivity index (χ1v) is 7.63. The number of carbonyl (C=O) groups is 1. The highest BCUT2D eigenvalue weighted by Gasteiger charge is 2.16. The number of hydrogen-bond donors (Lipinski definition) is 1. The van der Waals surface area contributed by atoms with Crippen LogP contribution in [0.1, 0.15) is 29.2 Å². The summed E-state index contributed by atoms with van der Waals surface area (Å²) in [6.07, 6.45) is 0. The van der Waals surface area contributed by atoms with Gasteiger partial charge in [0.25, 0.3) is 0 Å². The van der Waals surface area contributed by atoms with Crippen molar-refractivity contribution in [2.24, 2.45) is 0 Å². The van der Waals surface area contributed by atoms with Gasteiger partial charge in [0.2, 0.25) is 11.8 Å². The molecule has 0 aliphatic heterocycles. The van der Waals surface area contributed by atoms with Gasteiger partial charge in [-0.15, -0.1) is 0 Å². The van der Waals surface area contributed by atoms with Crippen molar-refractivity contribution < 1.29 is 9.21 Å². The van der Waals surface area contributed by atoms with Crippen LogP contribution in [0.4, 0.5) is 5.69 Å². The van der Waals surface area contributed by atoms with Crippen LogP contribution in [0.15, 0.2) is 28.7 Å². The van der Waals surface area contributed by atoms with Crippen molar-refractivity contribution in [3.05, 3.63) is 46.5 Å². The van der Waals surface area contributed by atoms with Crippen LogP contribution in [-0.4, -0.2) is 10.9 Å².